The summed E-state index contributed by atoms with van der Waals surface area (Å²) >= 11 is 3.12. The van der Waals surface area contributed by atoms with E-state index in [9.17, 15) is 9.00 Å². The van der Waals surface area contributed by atoms with E-state index in [-0.39, 0.29) is 17.9 Å². The van der Waals surface area contributed by atoms with Crippen LogP contribution in [0.2, 0.25) is 0 Å². The standard InChI is InChI=1S/C17H27BrN4O4S/c1-17(2,3)26-16(23)22-8-6-21(7-9-22)5-4-10-25-15-14(20-27-24)11-13(18)12-19-15/h11-12,27H,4-10H2,1-3H3,(H,20,24). The number of nitrogens with one attached hydrogen (secondary N) is 1. The van der Waals surface area contributed by atoms with Crippen LogP contribution in [0.15, 0.2) is 16.7 Å². The highest BCUT2D eigenvalue weighted by atomic mass is 79.9. The largest absolute Gasteiger partial charge is 0.476 e. The van der Waals surface area contributed by atoms with Crippen LogP contribution in [0.4, 0.5) is 10.5 Å². The second kappa shape index (κ2) is 10.2. The Morgan fingerprint density at radius 1 is 1.33 bits per heavy atom. The molecule has 8 nitrogen and oxygen atoms in total. The van der Waals surface area contributed by atoms with Crippen molar-refractivity contribution in [3.8, 4) is 5.88 Å². The monoisotopic (exact) mass is 462 g/mol. The number of carbonyl (C=O) groups excluding carboxylic acids is 1. The summed E-state index contributed by atoms with van der Waals surface area (Å²) in [5.41, 5.74) is 0.110. The molecule has 152 valence electrons. The number of nitrogens with zero attached hydrogens (tertiary/aromatic N) is 3. The zero-order valence-electron chi connectivity index (χ0n) is 15.9. The summed E-state index contributed by atoms with van der Waals surface area (Å²) in [5, 5.41) is 0. The molecule has 1 aromatic heterocycles. The van der Waals surface area contributed by atoms with E-state index >= 15 is 0 Å². The van der Waals surface area contributed by atoms with Gasteiger partial charge in [-0.05, 0) is 49.2 Å². The van der Waals surface area contributed by atoms with E-state index in [0.29, 0.717) is 31.3 Å². The van der Waals surface area contributed by atoms with Gasteiger partial charge in [0.15, 0.2) is 0 Å². The Balaban J connectivity index is 1.69. The van der Waals surface area contributed by atoms with Crippen molar-refractivity contribution < 1.29 is 18.5 Å². The number of halogens is 1. The van der Waals surface area contributed by atoms with Crippen molar-refractivity contribution in [2.24, 2.45) is 0 Å². The van der Waals surface area contributed by atoms with E-state index in [1.54, 1.807) is 17.2 Å². The van der Waals surface area contributed by atoms with Gasteiger partial charge in [-0.15, -0.1) is 0 Å². The SMILES string of the molecule is CC(C)(C)OC(=O)N1CCN(CCCOc2ncc(Br)cc2N[SH]=O)CC1. The lowest BCUT2D eigenvalue weighted by Crippen LogP contribution is -2.50. The van der Waals surface area contributed by atoms with Crippen molar-refractivity contribution in [3.05, 3.63) is 16.7 Å². The van der Waals surface area contributed by atoms with Crippen LogP contribution < -0.4 is 9.46 Å². The minimum atomic E-state index is -0.466. The number of anilines is 1. The zero-order valence-corrected chi connectivity index (χ0v) is 18.4. The van der Waals surface area contributed by atoms with Crippen LogP contribution in [0, 0.1) is 0 Å². The van der Waals surface area contributed by atoms with Crippen LogP contribution in [-0.4, -0.2) is 70.0 Å². The molecular weight excluding hydrogens is 436 g/mol. The fourth-order valence-electron chi connectivity index (χ4n) is 2.61. The minimum absolute atomic E-state index is 0.205. The van der Waals surface area contributed by atoms with E-state index in [0.717, 1.165) is 30.5 Å². The molecule has 0 aliphatic carbocycles. The number of amides is 1. The third kappa shape index (κ3) is 7.63. The average molecular weight is 463 g/mol. The number of pyridine rings is 1. The summed E-state index contributed by atoms with van der Waals surface area (Å²) in [5.74, 6) is 0.427. The van der Waals surface area contributed by atoms with Crippen molar-refractivity contribution in [1.29, 1.82) is 0 Å². The number of hydrogen-bond acceptors (Lipinski definition) is 6. The van der Waals surface area contributed by atoms with Crippen molar-refractivity contribution >= 4 is 39.6 Å². The summed E-state index contributed by atoms with van der Waals surface area (Å²) in [6.45, 7) is 9.97. The number of piperazine rings is 1. The lowest BCUT2D eigenvalue weighted by atomic mass is 10.2. The second-order valence-corrected chi connectivity index (χ2v) is 8.54. The molecule has 0 aromatic carbocycles. The molecule has 0 atom stereocenters. The highest BCUT2D eigenvalue weighted by Gasteiger charge is 2.25. The quantitative estimate of drug-likeness (QED) is 0.478. The molecule has 0 saturated carbocycles. The summed E-state index contributed by atoms with van der Waals surface area (Å²) in [7, 11) is 0. The topological polar surface area (TPSA) is 84.0 Å². The molecule has 0 radical (unpaired) electrons. The molecule has 0 unspecified atom stereocenters. The molecule has 27 heavy (non-hydrogen) atoms. The van der Waals surface area contributed by atoms with Crippen molar-refractivity contribution in [1.82, 2.24) is 14.8 Å². The van der Waals surface area contributed by atoms with Gasteiger partial charge in [-0.1, -0.05) is 0 Å². The number of thiol groups is 1. The molecule has 1 aliphatic heterocycles. The van der Waals surface area contributed by atoms with Gasteiger partial charge in [0, 0.05) is 43.4 Å². The van der Waals surface area contributed by atoms with Gasteiger partial charge in [-0.25, -0.2) is 14.0 Å². The first-order valence-electron chi connectivity index (χ1n) is 8.85. The molecule has 1 aromatic rings. The predicted molar refractivity (Wildman–Crippen MR) is 109 cm³/mol. The van der Waals surface area contributed by atoms with Crippen LogP contribution >= 0.6 is 15.9 Å². The van der Waals surface area contributed by atoms with Gasteiger partial charge in [0.25, 0.3) is 0 Å². The molecule has 1 saturated heterocycles. The first-order chi connectivity index (χ1) is 12.8. The molecule has 0 spiro atoms. The number of ether oxygens (including phenoxy) is 2. The van der Waals surface area contributed by atoms with E-state index in [1.165, 1.54) is 0 Å². The molecule has 1 amide bonds. The number of carbonyl (C=O) groups is 1. The Morgan fingerprint density at radius 3 is 2.67 bits per heavy atom. The van der Waals surface area contributed by atoms with Gasteiger partial charge < -0.3 is 19.1 Å². The van der Waals surface area contributed by atoms with Gasteiger partial charge in [0.2, 0.25) is 5.88 Å². The third-order valence-corrected chi connectivity index (χ3v) is 4.63. The molecular formula is C17H27BrN4O4S. The smallest absolute Gasteiger partial charge is 0.410 e. The minimum Gasteiger partial charge on any atom is -0.476 e. The van der Waals surface area contributed by atoms with Crippen LogP contribution in [0.5, 0.6) is 5.88 Å². The van der Waals surface area contributed by atoms with Gasteiger partial charge in [0.1, 0.15) is 23.1 Å². The van der Waals surface area contributed by atoms with Crippen LogP contribution in [-0.2, 0) is 16.6 Å². The molecule has 0 bridgehead atoms. The van der Waals surface area contributed by atoms with Crippen LogP contribution in [0.25, 0.3) is 0 Å². The normalized spacial score (nSPS) is 15.5. The van der Waals surface area contributed by atoms with E-state index in [2.05, 4.69) is 30.5 Å². The maximum atomic E-state index is 12.1. The Hall–Kier alpha value is -1.39. The summed E-state index contributed by atoms with van der Waals surface area (Å²) in [6.07, 6.45) is 2.22. The maximum absolute atomic E-state index is 12.1. The number of rotatable bonds is 7. The summed E-state index contributed by atoms with van der Waals surface area (Å²) < 4.78 is 25.3. The van der Waals surface area contributed by atoms with Crippen molar-refractivity contribution in [2.75, 3.05) is 44.1 Å². The van der Waals surface area contributed by atoms with Gasteiger partial charge in [0.05, 0.1) is 6.61 Å². The molecule has 2 rings (SSSR count). The highest BCUT2D eigenvalue weighted by Crippen LogP contribution is 2.25. The Labute approximate surface area is 172 Å². The molecule has 1 aliphatic rings. The van der Waals surface area contributed by atoms with Gasteiger partial charge in [-0.3, -0.25) is 4.90 Å². The number of aromatic nitrogens is 1. The van der Waals surface area contributed by atoms with E-state index in [4.69, 9.17) is 9.47 Å². The van der Waals surface area contributed by atoms with E-state index < -0.39 is 5.60 Å². The molecule has 10 heteroatoms. The van der Waals surface area contributed by atoms with Gasteiger partial charge >= 0.3 is 6.09 Å². The molecule has 1 fully saturated rings. The fraction of sp³-hybridized carbons (Fsp3) is 0.647. The summed E-state index contributed by atoms with van der Waals surface area (Å²) in [4.78, 5) is 20.3. The number of hydrogen-bond donors (Lipinski definition) is 2. The third-order valence-electron chi connectivity index (χ3n) is 3.87. The first kappa shape index (κ1) is 21.9. The Kier molecular flexibility index (Phi) is 8.30. The molecule has 2 heterocycles. The predicted octanol–water partition coefficient (Wildman–Crippen LogP) is 2.44. The van der Waals surface area contributed by atoms with Crippen LogP contribution in [0.3, 0.4) is 0 Å². The first-order valence-corrected chi connectivity index (χ1v) is 10.5. The summed E-state index contributed by atoms with van der Waals surface area (Å²) in [6, 6.07) is 1.77. The maximum Gasteiger partial charge on any atom is 0.410 e. The Morgan fingerprint density at radius 2 is 2.04 bits per heavy atom. The van der Waals surface area contributed by atoms with Crippen molar-refractivity contribution in [2.45, 2.75) is 32.8 Å². The van der Waals surface area contributed by atoms with Gasteiger partial charge in [-0.2, -0.15) is 0 Å². The lowest BCUT2D eigenvalue weighted by molar-refractivity contribution is 0.0142. The average Bonchev–Trinajstić information content (AvgIpc) is 2.59. The molecule has 1 N–H and O–H groups in total. The highest BCUT2D eigenvalue weighted by molar-refractivity contribution is 9.10. The Bertz CT molecular complexity index is 648. The van der Waals surface area contributed by atoms with Crippen molar-refractivity contribution in [3.63, 3.8) is 0 Å². The van der Waals surface area contributed by atoms with E-state index in [1.807, 2.05) is 20.8 Å². The fourth-order valence-corrected chi connectivity index (χ4v) is 3.20. The second-order valence-electron chi connectivity index (χ2n) is 7.22. The zero-order chi connectivity index (χ0) is 19.9. The van der Waals surface area contributed by atoms with Crippen LogP contribution in [0.1, 0.15) is 27.2 Å². The lowest BCUT2D eigenvalue weighted by Gasteiger charge is -2.35.